The summed E-state index contributed by atoms with van der Waals surface area (Å²) in [5, 5.41) is 2.76. The minimum atomic E-state index is -0.479. The van der Waals surface area contributed by atoms with Crippen LogP contribution in [-0.4, -0.2) is 18.4 Å². The zero-order valence-electron chi connectivity index (χ0n) is 11.2. The predicted molar refractivity (Wildman–Crippen MR) is 78.2 cm³/mol. The van der Waals surface area contributed by atoms with Crippen LogP contribution in [0.15, 0.2) is 48.5 Å². The number of carbonyl (C=O) groups excluding carboxylic acids is 2. The van der Waals surface area contributed by atoms with Gasteiger partial charge < -0.3 is 5.32 Å². The maximum Gasteiger partial charge on any atom is 0.326 e. The smallest absolute Gasteiger partial charge is 0.308 e. The van der Waals surface area contributed by atoms with E-state index in [9.17, 15) is 14.0 Å². The van der Waals surface area contributed by atoms with Gasteiger partial charge in [-0.3, -0.25) is 9.69 Å². The Balaban J connectivity index is 1.89. The lowest BCUT2D eigenvalue weighted by atomic mass is 10.0. The van der Waals surface area contributed by atoms with E-state index >= 15 is 0 Å². The number of ketones is 1. The van der Waals surface area contributed by atoms with E-state index in [-0.39, 0.29) is 30.3 Å². The topological polar surface area (TPSA) is 49.4 Å². The van der Waals surface area contributed by atoms with Crippen LogP contribution in [0.2, 0.25) is 0 Å². The number of fused-ring (bicyclic) bond motifs is 1. The molecule has 0 saturated heterocycles. The van der Waals surface area contributed by atoms with E-state index in [0.717, 1.165) is 0 Å². The summed E-state index contributed by atoms with van der Waals surface area (Å²) in [6.07, 6.45) is 0.193. The monoisotopic (exact) mass is 284 g/mol. The van der Waals surface area contributed by atoms with Crippen molar-refractivity contribution in [2.45, 2.75) is 6.42 Å². The molecule has 2 aromatic rings. The standard InChI is InChI=1S/C16H13FN2O2/c17-11-6-7-14-13(10-11)15(20)8-9-19(14)16(21)18-12-4-2-1-3-5-12/h1-7,10H,8-9H2,(H,18,21). The second kappa shape index (κ2) is 5.36. The fraction of sp³-hybridized carbons (Fsp3) is 0.125. The molecule has 0 unspecified atom stereocenters. The molecule has 0 spiro atoms. The summed E-state index contributed by atoms with van der Waals surface area (Å²) in [5.41, 5.74) is 1.37. The fourth-order valence-corrected chi connectivity index (χ4v) is 2.36. The molecule has 0 aromatic heterocycles. The molecule has 1 aliphatic rings. The number of Topliss-reactive ketones (excluding diaryl/α,β-unsaturated/α-hetero) is 1. The molecular weight excluding hydrogens is 271 g/mol. The van der Waals surface area contributed by atoms with Gasteiger partial charge in [-0.25, -0.2) is 9.18 Å². The maximum atomic E-state index is 13.3. The molecular formula is C16H13FN2O2. The van der Waals surface area contributed by atoms with Gasteiger partial charge in [-0.2, -0.15) is 0 Å². The molecule has 0 bridgehead atoms. The summed E-state index contributed by atoms with van der Waals surface area (Å²) >= 11 is 0. The van der Waals surface area contributed by atoms with Crippen molar-refractivity contribution >= 4 is 23.2 Å². The Morgan fingerprint density at radius 1 is 1.14 bits per heavy atom. The molecule has 2 amide bonds. The molecule has 1 aliphatic heterocycles. The highest BCUT2D eigenvalue weighted by atomic mass is 19.1. The van der Waals surface area contributed by atoms with Gasteiger partial charge in [0.15, 0.2) is 5.78 Å². The van der Waals surface area contributed by atoms with Crippen LogP contribution in [0.5, 0.6) is 0 Å². The number of amides is 2. The van der Waals surface area contributed by atoms with Crippen LogP contribution in [0, 0.1) is 5.82 Å². The molecule has 0 saturated carbocycles. The van der Waals surface area contributed by atoms with Crippen molar-refractivity contribution in [1.29, 1.82) is 0 Å². The number of hydrogen-bond acceptors (Lipinski definition) is 2. The highest BCUT2D eigenvalue weighted by molar-refractivity contribution is 6.11. The molecule has 2 aromatic carbocycles. The lowest BCUT2D eigenvalue weighted by Gasteiger charge is -2.28. The molecule has 106 valence electrons. The number of urea groups is 1. The molecule has 1 heterocycles. The Labute approximate surface area is 121 Å². The van der Waals surface area contributed by atoms with Crippen molar-refractivity contribution in [2.24, 2.45) is 0 Å². The average molecular weight is 284 g/mol. The van der Waals surface area contributed by atoms with Crippen molar-refractivity contribution in [1.82, 2.24) is 0 Å². The van der Waals surface area contributed by atoms with Gasteiger partial charge >= 0.3 is 6.03 Å². The molecule has 0 aliphatic carbocycles. The van der Waals surface area contributed by atoms with Crippen molar-refractivity contribution < 1.29 is 14.0 Å². The van der Waals surface area contributed by atoms with E-state index in [1.54, 1.807) is 12.1 Å². The number of hydrogen-bond donors (Lipinski definition) is 1. The summed E-state index contributed by atoms with van der Waals surface area (Å²) in [7, 11) is 0. The average Bonchev–Trinajstić information content (AvgIpc) is 2.49. The van der Waals surface area contributed by atoms with Gasteiger partial charge in [-0.15, -0.1) is 0 Å². The number of nitrogens with zero attached hydrogens (tertiary/aromatic N) is 1. The molecule has 4 nitrogen and oxygen atoms in total. The summed E-state index contributed by atoms with van der Waals surface area (Å²) < 4.78 is 13.3. The first-order chi connectivity index (χ1) is 10.1. The minimum absolute atomic E-state index is 0.145. The first kappa shape index (κ1) is 13.3. The summed E-state index contributed by atoms with van der Waals surface area (Å²) in [6.45, 7) is 0.288. The van der Waals surface area contributed by atoms with Gasteiger partial charge in [-0.05, 0) is 30.3 Å². The van der Waals surface area contributed by atoms with Crippen molar-refractivity contribution in [3.05, 3.63) is 59.9 Å². The summed E-state index contributed by atoms with van der Waals surface area (Å²) in [6, 6.07) is 12.6. The number of anilines is 2. The zero-order valence-corrected chi connectivity index (χ0v) is 11.2. The summed E-state index contributed by atoms with van der Waals surface area (Å²) in [5.74, 6) is -0.624. The van der Waals surface area contributed by atoms with Gasteiger partial charge in [0.05, 0.1) is 5.69 Å². The van der Waals surface area contributed by atoms with Crippen LogP contribution >= 0.6 is 0 Å². The quantitative estimate of drug-likeness (QED) is 0.872. The second-order valence-corrected chi connectivity index (χ2v) is 4.78. The largest absolute Gasteiger partial charge is 0.326 e. The SMILES string of the molecule is O=C1CCN(C(=O)Nc2ccccc2)c2ccc(F)cc21. The molecule has 21 heavy (non-hydrogen) atoms. The molecule has 0 atom stereocenters. The van der Waals surface area contributed by atoms with Gasteiger partial charge in [-0.1, -0.05) is 18.2 Å². The van der Waals surface area contributed by atoms with Gasteiger partial charge in [0.1, 0.15) is 5.82 Å². The van der Waals surface area contributed by atoms with Crippen molar-refractivity contribution in [3.8, 4) is 0 Å². The fourth-order valence-electron chi connectivity index (χ4n) is 2.36. The lowest BCUT2D eigenvalue weighted by molar-refractivity contribution is 0.0980. The number of para-hydroxylation sites is 1. The number of nitrogens with one attached hydrogen (secondary N) is 1. The molecule has 0 radical (unpaired) electrons. The van der Waals surface area contributed by atoms with Gasteiger partial charge in [0.25, 0.3) is 0 Å². The van der Waals surface area contributed by atoms with E-state index in [4.69, 9.17) is 0 Å². The van der Waals surface area contributed by atoms with Crippen LogP contribution in [-0.2, 0) is 0 Å². The second-order valence-electron chi connectivity index (χ2n) is 4.78. The highest BCUT2D eigenvalue weighted by Crippen LogP contribution is 2.28. The molecule has 5 heteroatoms. The van der Waals surface area contributed by atoms with Crippen LogP contribution < -0.4 is 10.2 Å². The molecule has 1 N–H and O–H groups in total. The maximum absolute atomic E-state index is 13.3. The van der Waals surface area contributed by atoms with E-state index < -0.39 is 5.82 Å². The van der Waals surface area contributed by atoms with Crippen LogP contribution in [0.1, 0.15) is 16.8 Å². The van der Waals surface area contributed by atoms with Crippen molar-refractivity contribution in [2.75, 3.05) is 16.8 Å². The Bertz CT molecular complexity index is 701. The van der Waals surface area contributed by atoms with E-state index in [1.807, 2.05) is 18.2 Å². The third kappa shape index (κ3) is 2.63. The number of benzene rings is 2. The Morgan fingerprint density at radius 3 is 2.67 bits per heavy atom. The van der Waals surface area contributed by atoms with E-state index in [0.29, 0.717) is 11.4 Å². The van der Waals surface area contributed by atoms with E-state index in [1.165, 1.54) is 23.1 Å². The highest BCUT2D eigenvalue weighted by Gasteiger charge is 2.27. The van der Waals surface area contributed by atoms with Crippen LogP contribution in [0.4, 0.5) is 20.6 Å². The van der Waals surface area contributed by atoms with Gasteiger partial charge in [0, 0.05) is 24.2 Å². The number of carbonyl (C=O) groups is 2. The van der Waals surface area contributed by atoms with Crippen molar-refractivity contribution in [3.63, 3.8) is 0 Å². The lowest BCUT2D eigenvalue weighted by Crippen LogP contribution is -2.40. The van der Waals surface area contributed by atoms with Gasteiger partial charge in [0.2, 0.25) is 0 Å². The Kier molecular flexibility index (Phi) is 3.39. The van der Waals surface area contributed by atoms with Crippen LogP contribution in [0.25, 0.3) is 0 Å². The molecule has 0 fully saturated rings. The normalized spacial score (nSPS) is 13.8. The van der Waals surface area contributed by atoms with Crippen LogP contribution in [0.3, 0.4) is 0 Å². The molecule has 3 rings (SSSR count). The zero-order chi connectivity index (χ0) is 14.8. The minimum Gasteiger partial charge on any atom is -0.308 e. The third-order valence-electron chi connectivity index (χ3n) is 3.38. The third-order valence-corrected chi connectivity index (χ3v) is 3.38. The predicted octanol–water partition coefficient (Wildman–Crippen LogP) is 3.45. The first-order valence-corrected chi connectivity index (χ1v) is 6.61. The Morgan fingerprint density at radius 2 is 1.90 bits per heavy atom. The Hall–Kier alpha value is -2.69. The first-order valence-electron chi connectivity index (χ1n) is 6.61. The number of rotatable bonds is 1. The summed E-state index contributed by atoms with van der Waals surface area (Å²) in [4.78, 5) is 25.6. The number of halogens is 1. The van der Waals surface area contributed by atoms with E-state index in [2.05, 4.69) is 5.32 Å².